The molecule has 1 saturated heterocycles. The summed E-state index contributed by atoms with van der Waals surface area (Å²) in [4.78, 5) is 35.4. The number of esters is 2. The molecule has 0 aliphatic carbocycles. The number of benzene rings is 1. The molecule has 0 bridgehead atoms. The standard InChI is InChI=1S/C28H30BrF3N4O5S/c1-27(2,3)41-20(37)15-40-22-21(29)23(42-24(22)25(38)39-4)16-6-5-7-18(14-16)36(17-8-11-33-12-9-17)26-34-13-10-19(35-26)28(30,31)32/h5-7,10,13-14,17,33H,8-9,11-12,15H2,1-4H3. The van der Waals surface area contributed by atoms with Gasteiger partial charge in [0.25, 0.3) is 0 Å². The van der Waals surface area contributed by atoms with Gasteiger partial charge in [0, 0.05) is 17.9 Å². The number of methoxy groups -OCH3 is 1. The number of hydrogen-bond acceptors (Lipinski definition) is 10. The Morgan fingerprint density at radius 3 is 2.52 bits per heavy atom. The Morgan fingerprint density at radius 2 is 1.88 bits per heavy atom. The first kappa shape index (κ1) is 31.7. The highest BCUT2D eigenvalue weighted by atomic mass is 79.9. The van der Waals surface area contributed by atoms with Gasteiger partial charge >= 0.3 is 18.1 Å². The third-order valence-electron chi connectivity index (χ3n) is 6.14. The van der Waals surface area contributed by atoms with Crippen LogP contribution in [0.1, 0.15) is 49.0 Å². The van der Waals surface area contributed by atoms with Crippen LogP contribution in [0.2, 0.25) is 0 Å². The van der Waals surface area contributed by atoms with Crippen LogP contribution in [0.25, 0.3) is 10.4 Å². The Hall–Kier alpha value is -3.23. The number of nitrogens with one attached hydrogen (secondary N) is 1. The maximum atomic E-state index is 13.5. The smallest absolute Gasteiger partial charge is 0.433 e. The molecule has 4 rings (SSSR count). The summed E-state index contributed by atoms with van der Waals surface area (Å²) in [5.41, 5.74) is -0.521. The molecule has 14 heteroatoms. The van der Waals surface area contributed by atoms with Gasteiger partial charge in [0.05, 0.1) is 16.5 Å². The van der Waals surface area contributed by atoms with Crippen LogP contribution in [-0.4, -0.2) is 60.4 Å². The van der Waals surface area contributed by atoms with Crippen molar-refractivity contribution in [3.05, 3.63) is 51.6 Å². The average Bonchev–Trinajstić information content (AvgIpc) is 3.27. The average molecular weight is 672 g/mol. The highest BCUT2D eigenvalue weighted by molar-refractivity contribution is 9.10. The Kier molecular flexibility index (Phi) is 9.78. The maximum Gasteiger partial charge on any atom is 0.433 e. The highest BCUT2D eigenvalue weighted by Gasteiger charge is 2.35. The molecule has 0 atom stereocenters. The lowest BCUT2D eigenvalue weighted by atomic mass is 10.0. The Bertz CT molecular complexity index is 1440. The number of aromatic nitrogens is 2. The second-order valence-electron chi connectivity index (χ2n) is 10.4. The molecular weight excluding hydrogens is 641 g/mol. The van der Waals surface area contributed by atoms with Crippen LogP contribution in [0, 0.1) is 0 Å². The predicted molar refractivity (Wildman–Crippen MR) is 155 cm³/mol. The zero-order valence-corrected chi connectivity index (χ0v) is 25.8. The van der Waals surface area contributed by atoms with Gasteiger partial charge < -0.3 is 24.4 Å². The Morgan fingerprint density at radius 1 is 1.17 bits per heavy atom. The van der Waals surface area contributed by atoms with Crippen LogP contribution in [0.4, 0.5) is 24.8 Å². The second kappa shape index (κ2) is 13.0. The van der Waals surface area contributed by atoms with Crippen molar-refractivity contribution in [3.8, 4) is 16.2 Å². The van der Waals surface area contributed by atoms with Gasteiger partial charge in [0.1, 0.15) is 11.3 Å². The number of hydrogen-bond donors (Lipinski definition) is 1. The van der Waals surface area contributed by atoms with Crippen molar-refractivity contribution in [2.24, 2.45) is 0 Å². The minimum absolute atomic E-state index is 0.0595. The third-order valence-corrected chi connectivity index (χ3v) is 8.36. The van der Waals surface area contributed by atoms with Gasteiger partial charge in [0.2, 0.25) is 5.95 Å². The lowest BCUT2D eigenvalue weighted by Crippen LogP contribution is -2.41. The number of nitrogens with zero attached hydrogens (tertiary/aromatic N) is 3. The first-order valence-corrected chi connectivity index (χ1v) is 14.7. The zero-order chi connectivity index (χ0) is 30.7. The van der Waals surface area contributed by atoms with E-state index in [9.17, 15) is 22.8 Å². The predicted octanol–water partition coefficient (Wildman–Crippen LogP) is 6.38. The molecule has 2 aromatic heterocycles. The normalized spacial score (nSPS) is 14.4. The first-order valence-electron chi connectivity index (χ1n) is 13.0. The van der Waals surface area contributed by atoms with E-state index in [-0.39, 0.29) is 22.6 Å². The molecule has 9 nitrogen and oxygen atoms in total. The Labute approximate surface area is 253 Å². The quantitative estimate of drug-likeness (QED) is 0.273. The maximum absolute atomic E-state index is 13.5. The number of anilines is 2. The van der Waals surface area contributed by atoms with Gasteiger partial charge in [0.15, 0.2) is 17.2 Å². The summed E-state index contributed by atoms with van der Waals surface area (Å²) in [6.45, 7) is 6.14. The molecule has 0 spiro atoms. The van der Waals surface area contributed by atoms with Gasteiger partial charge in [-0.1, -0.05) is 12.1 Å². The molecule has 1 aliphatic rings. The van der Waals surface area contributed by atoms with Crippen molar-refractivity contribution in [2.75, 3.05) is 31.7 Å². The van der Waals surface area contributed by atoms with Crippen LogP contribution >= 0.6 is 27.3 Å². The van der Waals surface area contributed by atoms with E-state index in [1.165, 1.54) is 7.11 Å². The molecule has 1 N–H and O–H groups in total. The number of rotatable bonds is 8. The largest absolute Gasteiger partial charge is 0.479 e. The van der Waals surface area contributed by atoms with E-state index in [2.05, 4.69) is 31.2 Å². The molecule has 0 unspecified atom stereocenters. The lowest BCUT2D eigenvalue weighted by Gasteiger charge is -2.35. The van der Waals surface area contributed by atoms with E-state index in [0.29, 0.717) is 46.5 Å². The van der Waals surface area contributed by atoms with Crippen molar-refractivity contribution >= 4 is 50.8 Å². The lowest BCUT2D eigenvalue weighted by molar-refractivity contribution is -0.157. The highest BCUT2D eigenvalue weighted by Crippen LogP contribution is 2.47. The molecule has 3 aromatic rings. The minimum atomic E-state index is -4.62. The monoisotopic (exact) mass is 670 g/mol. The summed E-state index contributed by atoms with van der Waals surface area (Å²) in [5, 5.41) is 3.27. The van der Waals surface area contributed by atoms with Gasteiger partial charge in [-0.2, -0.15) is 13.2 Å². The fraction of sp³-hybridized carbons (Fsp3) is 0.429. The van der Waals surface area contributed by atoms with Crippen molar-refractivity contribution in [1.29, 1.82) is 0 Å². The van der Waals surface area contributed by atoms with E-state index in [1.807, 2.05) is 0 Å². The molecule has 42 heavy (non-hydrogen) atoms. The van der Waals surface area contributed by atoms with E-state index in [1.54, 1.807) is 49.9 Å². The first-order chi connectivity index (χ1) is 19.8. The molecule has 0 saturated carbocycles. The van der Waals surface area contributed by atoms with Crippen molar-refractivity contribution < 1.29 is 37.0 Å². The molecule has 0 amide bonds. The fourth-order valence-electron chi connectivity index (χ4n) is 4.41. The van der Waals surface area contributed by atoms with Crippen LogP contribution in [0.3, 0.4) is 0 Å². The van der Waals surface area contributed by atoms with Gasteiger partial charge in [-0.3, -0.25) is 0 Å². The number of carbonyl (C=O) groups excluding carboxylic acids is 2. The fourth-order valence-corrected chi connectivity index (χ4v) is 6.38. The van der Waals surface area contributed by atoms with E-state index < -0.39 is 36.0 Å². The zero-order valence-electron chi connectivity index (χ0n) is 23.4. The van der Waals surface area contributed by atoms with E-state index in [0.717, 1.165) is 23.6 Å². The molecule has 3 heterocycles. The summed E-state index contributed by atoms with van der Waals surface area (Å²) < 4.78 is 57.0. The number of carbonyl (C=O) groups is 2. The van der Waals surface area contributed by atoms with E-state index in [4.69, 9.17) is 14.2 Å². The minimum Gasteiger partial charge on any atom is -0.479 e. The molecule has 1 aromatic carbocycles. The van der Waals surface area contributed by atoms with Crippen LogP contribution in [-0.2, 0) is 20.4 Å². The van der Waals surface area contributed by atoms with Crippen LogP contribution < -0.4 is 15.0 Å². The number of thiophene rings is 1. The Balaban J connectivity index is 1.74. The summed E-state index contributed by atoms with van der Waals surface area (Å²) in [6.07, 6.45) is -2.18. The molecule has 1 fully saturated rings. The molecule has 226 valence electrons. The van der Waals surface area contributed by atoms with Crippen molar-refractivity contribution in [2.45, 2.75) is 51.4 Å². The van der Waals surface area contributed by atoms with Crippen molar-refractivity contribution in [3.63, 3.8) is 0 Å². The molecule has 1 aliphatic heterocycles. The third kappa shape index (κ3) is 7.58. The summed E-state index contributed by atoms with van der Waals surface area (Å²) in [6, 6.07) is 7.81. The molecular formula is C28H30BrF3N4O5S. The summed E-state index contributed by atoms with van der Waals surface area (Å²) in [7, 11) is 1.24. The SMILES string of the molecule is COC(=O)c1sc(-c2cccc(N(c3nccc(C(F)(F)F)n3)C3CCNCC3)c2)c(Br)c1OCC(=O)OC(C)(C)C. The topological polar surface area (TPSA) is 103 Å². The van der Waals surface area contributed by atoms with Crippen molar-refractivity contribution in [1.82, 2.24) is 15.3 Å². The summed E-state index contributed by atoms with van der Waals surface area (Å²) >= 11 is 4.60. The number of halogens is 4. The number of piperidine rings is 1. The molecule has 0 radical (unpaired) electrons. The van der Waals surface area contributed by atoms with E-state index >= 15 is 0 Å². The number of alkyl halides is 3. The number of ether oxygens (including phenoxy) is 3. The second-order valence-corrected chi connectivity index (χ2v) is 12.2. The van der Waals surface area contributed by atoms with Gasteiger partial charge in [-0.15, -0.1) is 11.3 Å². The summed E-state index contributed by atoms with van der Waals surface area (Å²) in [5.74, 6) is -1.21. The van der Waals surface area contributed by atoms with Crippen LogP contribution in [0.5, 0.6) is 5.75 Å². The van der Waals surface area contributed by atoms with Gasteiger partial charge in [-0.05, 0) is 86.4 Å². The van der Waals surface area contributed by atoms with Crippen LogP contribution in [0.15, 0.2) is 41.0 Å². The van der Waals surface area contributed by atoms with Gasteiger partial charge in [-0.25, -0.2) is 19.6 Å².